The predicted octanol–water partition coefficient (Wildman–Crippen LogP) is 2.95. The van der Waals surface area contributed by atoms with Gasteiger partial charge in [0.05, 0.1) is 0 Å². The van der Waals surface area contributed by atoms with E-state index in [1.165, 1.54) is 25.7 Å². The van der Waals surface area contributed by atoms with E-state index in [9.17, 15) is 0 Å². The second kappa shape index (κ2) is 9.07. The van der Waals surface area contributed by atoms with E-state index in [0.29, 0.717) is 5.92 Å². The Morgan fingerprint density at radius 3 is 2.43 bits per heavy atom. The summed E-state index contributed by atoms with van der Waals surface area (Å²) in [5.41, 5.74) is 1.15. The highest BCUT2D eigenvalue weighted by molar-refractivity contribution is 4.93. The van der Waals surface area contributed by atoms with E-state index in [2.05, 4.69) is 25.7 Å². The van der Waals surface area contributed by atoms with Crippen LogP contribution in [0.4, 0.5) is 0 Å². The van der Waals surface area contributed by atoms with E-state index in [1.807, 2.05) is 0 Å². The van der Waals surface area contributed by atoms with E-state index < -0.39 is 0 Å². The second-order valence-corrected chi connectivity index (χ2v) is 4.01. The Morgan fingerprint density at radius 1 is 1.21 bits per heavy atom. The third kappa shape index (κ3) is 8.11. The van der Waals surface area contributed by atoms with Crippen molar-refractivity contribution in [1.82, 2.24) is 5.32 Å². The summed E-state index contributed by atoms with van der Waals surface area (Å²) < 4.78 is 4.99. The molecular weight excluding hydrogens is 174 g/mol. The zero-order valence-corrected chi connectivity index (χ0v) is 9.94. The molecule has 84 valence electrons. The van der Waals surface area contributed by atoms with E-state index in [4.69, 9.17) is 4.74 Å². The summed E-state index contributed by atoms with van der Waals surface area (Å²) in [5.74, 6) is 0.545. The molecular formula is C12H25NO. The molecule has 0 aliphatic carbocycles. The summed E-state index contributed by atoms with van der Waals surface area (Å²) in [5, 5.41) is 3.35. The van der Waals surface area contributed by atoms with Gasteiger partial charge in [0, 0.05) is 26.0 Å². The number of hydrogen-bond acceptors (Lipinski definition) is 2. The van der Waals surface area contributed by atoms with Crippen molar-refractivity contribution >= 4 is 0 Å². The van der Waals surface area contributed by atoms with Gasteiger partial charge in [-0.15, -0.1) is 0 Å². The number of ether oxygens (including phenoxy) is 1. The van der Waals surface area contributed by atoms with Crippen molar-refractivity contribution in [1.29, 1.82) is 0 Å². The summed E-state index contributed by atoms with van der Waals surface area (Å²) in [4.78, 5) is 0. The van der Waals surface area contributed by atoms with Crippen LogP contribution in [0, 0.1) is 5.92 Å². The van der Waals surface area contributed by atoms with Crippen molar-refractivity contribution in [3.05, 3.63) is 12.3 Å². The Balaban J connectivity index is 3.10. The molecule has 2 nitrogen and oxygen atoms in total. The van der Waals surface area contributed by atoms with Gasteiger partial charge in [-0.3, -0.25) is 0 Å². The quantitative estimate of drug-likeness (QED) is 0.576. The summed E-state index contributed by atoms with van der Waals surface area (Å²) in [6.45, 7) is 10.2. The maximum Gasteiger partial charge on any atom is 0.0462 e. The van der Waals surface area contributed by atoms with Gasteiger partial charge in [-0.1, -0.05) is 33.3 Å². The SMILES string of the molecule is C=C(NCCCCCCOC)C(C)C. The highest BCUT2D eigenvalue weighted by Crippen LogP contribution is 2.03. The zero-order chi connectivity index (χ0) is 10.8. The van der Waals surface area contributed by atoms with Crippen molar-refractivity contribution in [3.63, 3.8) is 0 Å². The molecule has 0 bridgehead atoms. The normalized spacial score (nSPS) is 10.6. The third-order valence-electron chi connectivity index (χ3n) is 2.32. The van der Waals surface area contributed by atoms with Crippen molar-refractivity contribution in [2.45, 2.75) is 39.5 Å². The van der Waals surface area contributed by atoms with Crippen molar-refractivity contribution < 1.29 is 4.74 Å². The van der Waals surface area contributed by atoms with Crippen molar-refractivity contribution in [3.8, 4) is 0 Å². The van der Waals surface area contributed by atoms with Gasteiger partial charge in [0.1, 0.15) is 0 Å². The average Bonchev–Trinajstić information content (AvgIpc) is 2.16. The smallest absolute Gasteiger partial charge is 0.0462 e. The Labute approximate surface area is 88.7 Å². The number of methoxy groups -OCH3 is 1. The molecule has 0 aromatic heterocycles. The molecule has 0 atom stereocenters. The second-order valence-electron chi connectivity index (χ2n) is 4.01. The van der Waals surface area contributed by atoms with Gasteiger partial charge in [0.2, 0.25) is 0 Å². The van der Waals surface area contributed by atoms with Crippen LogP contribution in [-0.2, 0) is 4.74 Å². The van der Waals surface area contributed by atoms with E-state index in [1.54, 1.807) is 7.11 Å². The van der Waals surface area contributed by atoms with Crippen LogP contribution in [-0.4, -0.2) is 20.3 Å². The number of rotatable bonds is 9. The molecule has 0 fully saturated rings. The van der Waals surface area contributed by atoms with Gasteiger partial charge in [-0.05, 0) is 18.8 Å². The molecule has 0 amide bonds. The molecule has 14 heavy (non-hydrogen) atoms. The number of hydrogen-bond donors (Lipinski definition) is 1. The number of unbranched alkanes of at least 4 members (excludes halogenated alkanes) is 3. The summed E-state index contributed by atoms with van der Waals surface area (Å²) in [6.07, 6.45) is 4.96. The Morgan fingerprint density at radius 2 is 1.86 bits per heavy atom. The summed E-state index contributed by atoms with van der Waals surface area (Å²) in [6, 6.07) is 0. The summed E-state index contributed by atoms with van der Waals surface area (Å²) >= 11 is 0. The fourth-order valence-corrected chi connectivity index (χ4v) is 1.18. The van der Waals surface area contributed by atoms with Crippen LogP contribution >= 0.6 is 0 Å². The molecule has 2 heteroatoms. The van der Waals surface area contributed by atoms with Crippen molar-refractivity contribution in [2.24, 2.45) is 5.92 Å². The molecule has 0 rings (SSSR count). The third-order valence-corrected chi connectivity index (χ3v) is 2.32. The molecule has 0 aliphatic heterocycles. The lowest BCUT2D eigenvalue weighted by atomic mass is 10.1. The first-order chi connectivity index (χ1) is 6.68. The minimum atomic E-state index is 0.545. The first-order valence-corrected chi connectivity index (χ1v) is 5.60. The molecule has 1 N–H and O–H groups in total. The zero-order valence-electron chi connectivity index (χ0n) is 9.94. The maximum absolute atomic E-state index is 4.99. The number of allylic oxidation sites excluding steroid dienone is 1. The lowest BCUT2D eigenvalue weighted by Gasteiger charge is -2.12. The van der Waals surface area contributed by atoms with Crippen LogP contribution in [0.1, 0.15) is 39.5 Å². The van der Waals surface area contributed by atoms with E-state index >= 15 is 0 Å². The van der Waals surface area contributed by atoms with Crippen LogP contribution in [0.5, 0.6) is 0 Å². The summed E-state index contributed by atoms with van der Waals surface area (Å²) in [7, 11) is 1.76. The Hall–Kier alpha value is -0.500. The minimum Gasteiger partial charge on any atom is -0.389 e. The van der Waals surface area contributed by atoms with E-state index in [0.717, 1.165) is 18.8 Å². The molecule has 0 aromatic rings. The van der Waals surface area contributed by atoms with Gasteiger partial charge in [-0.25, -0.2) is 0 Å². The predicted molar refractivity (Wildman–Crippen MR) is 62.3 cm³/mol. The molecule has 0 saturated heterocycles. The largest absolute Gasteiger partial charge is 0.389 e. The fraction of sp³-hybridized carbons (Fsp3) is 0.833. The van der Waals surface area contributed by atoms with Crippen LogP contribution < -0.4 is 5.32 Å². The number of nitrogens with one attached hydrogen (secondary N) is 1. The standard InChI is InChI=1S/C12H25NO/c1-11(2)12(3)13-9-7-5-6-8-10-14-4/h11,13H,3,5-10H2,1-2,4H3. The van der Waals surface area contributed by atoms with Gasteiger partial charge >= 0.3 is 0 Å². The molecule has 0 aliphatic rings. The molecule has 0 heterocycles. The first kappa shape index (κ1) is 13.5. The van der Waals surface area contributed by atoms with E-state index in [-0.39, 0.29) is 0 Å². The maximum atomic E-state index is 4.99. The molecule has 0 unspecified atom stereocenters. The Kier molecular flexibility index (Phi) is 8.75. The average molecular weight is 199 g/mol. The highest BCUT2D eigenvalue weighted by atomic mass is 16.5. The van der Waals surface area contributed by atoms with Gasteiger partial charge in [0.25, 0.3) is 0 Å². The Bertz CT molecular complexity index is 143. The molecule has 0 aromatic carbocycles. The highest BCUT2D eigenvalue weighted by Gasteiger charge is 1.97. The topological polar surface area (TPSA) is 21.3 Å². The molecule has 0 spiro atoms. The molecule has 0 radical (unpaired) electrons. The lowest BCUT2D eigenvalue weighted by molar-refractivity contribution is 0.192. The molecule has 0 saturated carbocycles. The van der Waals surface area contributed by atoms with Crippen LogP contribution in [0.15, 0.2) is 12.3 Å². The van der Waals surface area contributed by atoms with Crippen molar-refractivity contribution in [2.75, 3.05) is 20.3 Å². The van der Waals surface area contributed by atoms with Crippen LogP contribution in [0.3, 0.4) is 0 Å². The van der Waals surface area contributed by atoms with Gasteiger partial charge < -0.3 is 10.1 Å². The van der Waals surface area contributed by atoms with Gasteiger partial charge in [0.15, 0.2) is 0 Å². The first-order valence-electron chi connectivity index (χ1n) is 5.60. The fourth-order valence-electron chi connectivity index (χ4n) is 1.18. The lowest BCUT2D eigenvalue weighted by Crippen LogP contribution is -2.17. The van der Waals surface area contributed by atoms with Crippen LogP contribution in [0.25, 0.3) is 0 Å². The van der Waals surface area contributed by atoms with Crippen LogP contribution in [0.2, 0.25) is 0 Å². The monoisotopic (exact) mass is 199 g/mol. The minimum absolute atomic E-state index is 0.545. The van der Waals surface area contributed by atoms with Gasteiger partial charge in [-0.2, -0.15) is 0 Å².